The van der Waals surface area contributed by atoms with Crippen LogP contribution in [0.3, 0.4) is 0 Å². The number of halogens is 1. The lowest BCUT2D eigenvalue weighted by molar-refractivity contribution is 0.102. The third kappa shape index (κ3) is 2.58. The number of hydrogen-bond acceptors (Lipinski definition) is 5. The molecule has 0 unspecified atom stereocenters. The third-order valence-corrected chi connectivity index (χ3v) is 3.27. The molecule has 0 aliphatic carbocycles. The zero-order valence-corrected chi connectivity index (χ0v) is 12.2. The second-order valence-electron chi connectivity index (χ2n) is 4.89. The van der Waals surface area contributed by atoms with Crippen molar-refractivity contribution in [3.63, 3.8) is 0 Å². The number of carbonyl (C=O) groups is 1. The quantitative estimate of drug-likeness (QED) is 0.620. The maximum absolute atomic E-state index is 13.2. The molecule has 0 atom stereocenters. The van der Waals surface area contributed by atoms with E-state index in [2.05, 4.69) is 25.5 Å². The molecular formula is C15H10FN7O. The Morgan fingerprint density at radius 3 is 2.96 bits per heavy atom. The first-order chi connectivity index (χ1) is 11.7. The van der Waals surface area contributed by atoms with Gasteiger partial charge in [0.05, 0.1) is 11.9 Å². The first-order valence-corrected chi connectivity index (χ1v) is 6.98. The largest absolute Gasteiger partial charge is 0.288 e. The lowest BCUT2D eigenvalue weighted by Crippen LogP contribution is -2.15. The Bertz CT molecular complexity index is 1030. The topological polar surface area (TPSA) is 90.0 Å². The molecule has 0 bridgehead atoms. The molecule has 0 aliphatic heterocycles. The molecule has 4 aromatic heterocycles. The molecule has 4 aromatic rings. The average Bonchev–Trinajstić information content (AvgIpc) is 3.23. The zero-order chi connectivity index (χ0) is 16.5. The fourth-order valence-electron chi connectivity index (χ4n) is 2.18. The van der Waals surface area contributed by atoms with Gasteiger partial charge in [0.2, 0.25) is 5.95 Å². The number of carbonyl (C=O) groups excluding carboxylic acids is 1. The van der Waals surface area contributed by atoms with Crippen LogP contribution in [0.25, 0.3) is 11.3 Å². The maximum Gasteiger partial charge on any atom is 0.276 e. The van der Waals surface area contributed by atoms with Crippen molar-refractivity contribution in [2.24, 2.45) is 0 Å². The van der Waals surface area contributed by atoms with Gasteiger partial charge < -0.3 is 0 Å². The van der Waals surface area contributed by atoms with Gasteiger partial charge in [0.15, 0.2) is 5.65 Å². The number of anilines is 1. The lowest BCUT2D eigenvalue weighted by Gasteiger charge is -2.04. The van der Waals surface area contributed by atoms with Gasteiger partial charge in [-0.2, -0.15) is 10.1 Å². The van der Waals surface area contributed by atoms with Gasteiger partial charge >= 0.3 is 0 Å². The van der Waals surface area contributed by atoms with Gasteiger partial charge in [0.1, 0.15) is 11.5 Å². The van der Waals surface area contributed by atoms with Crippen LogP contribution < -0.4 is 5.32 Å². The van der Waals surface area contributed by atoms with E-state index in [1.807, 2.05) is 0 Å². The summed E-state index contributed by atoms with van der Waals surface area (Å²) in [6, 6.07) is 7.84. The van der Waals surface area contributed by atoms with Crippen molar-refractivity contribution in [1.29, 1.82) is 0 Å². The Labute approximate surface area is 134 Å². The van der Waals surface area contributed by atoms with Crippen molar-refractivity contribution in [2.45, 2.75) is 0 Å². The van der Waals surface area contributed by atoms with Crippen molar-refractivity contribution in [1.82, 2.24) is 29.4 Å². The van der Waals surface area contributed by atoms with E-state index < -0.39 is 11.7 Å². The maximum atomic E-state index is 13.2. The van der Waals surface area contributed by atoms with Gasteiger partial charge in [0.25, 0.3) is 5.91 Å². The summed E-state index contributed by atoms with van der Waals surface area (Å²) in [6.07, 6.45) is 6.09. The number of fused-ring (bicyclic) bond motifs is 1. The van der Waals surface area contributed by atoms with E-state index >= 15 is 0 Å². The number of rotatable bonds is 3. The summed E-state index contributed by atoms with van der Waals surface area (Å²) >= 11 is 0. The number of hydrogen-bond donors (Lipinski definition) is 1. The molecule has 0 aromatic carbocycles. The Kier molecular flexibility index (Phi) is 3.23. The smallest absolute Gasteiger partial charge is 0.276 e. The summed E-state index contributed by atoms with van der Waals surface area (Å²) in [5.74, 6) is -0.851. The molecule has 0 fully saturated rings. The fraction of sp³-hybridized carbons (Fsp3) is 0. The Morgan fingerprint density at radius 1 is 1.21 bits per heavy atom. The van der Waals surface area contributed by atoms with Crippen molar-refractivity contribution in [3.8, 4) is 5.69 Å². The van der Waals surface area contributed by atoms with E-state index in [0.29, 0.717) is 11.3 Å². The molecule has 118 valence electrons. The van der Waals surface area contributed by atoms with Crippen molar-refractivity contribution >= 4 is 17.5 Å². The highest BCUT2D eigenvalue weighted by atomic mass is 19.1. The molecule has 24 heavy (non-hydrogen) atoms. The highest BCUT2D eigenvalue weighted by Crippen LogP contribution is 2.10. The minimum atomic E-state index is -0.472. The second kappa shape index (κ2) is 5.54. The molecule has 0 aliphatic rings. The van der Waals surface area contributed by atoms with Crippen LogP contribution in [0.5, 0.6) is 0 Å². The molecule has 0 spiro atoms. The minimum Gasteiger partial charge on any atom is -0.288 e. The summed E-state index contributed by atoms with van der Waals surface area (Å²) < 4.78 is 16.0. The van der Waals surface area contributed by atoms with E-state index in [4.69, 9.17) is 0 Å². The van der Waals surface area contributed by atoms with Crippen molar-refractivity contribution in [3.05, 3.63) is 66.6 Å². The molecule has 4 heterocycles. The van der Waals surface area contributed by atoms with E-state index in [9.17, 15) is 9.18 Å². The first kappa shape index (κ1) is 14.0. The molecule has 0 radical (unpaired) electrons. The van der Waals surface area contributed by atoms with Crippen LogP contribution in [0.4, 0.5) is 10.3 Å². The number of pyridine rings is 2. The summed E-state index contributed by atoms with van der Waals surface area (Å²) in [4.78, 5) is 20.5. The van der Waals surface area contributed by atoms with Crippen LogP contribution in [0.1, 0.15) is 10.5 Å². The van der Waals surface area contributed by atoms with Gasteiger partial charge in [-0.25, -0.2) is 13.6 Å². The highest BCUT2D eigenvalue weighted by molar-refractivity contribution is 6.02. The molecule has 0 saturated carbocycles. The van der Waals surface area contributed by atoms with Crippen molar-refractivity contribution < 1.29 is 9.18 Å². The third-order valence-electron chi connectivity index (χ3n) is 3.27. The summed E-state index contributed by atoms with van der Waals surface area (Å²) in [5, 5.41) is 10.6. The van der Waals surface area contributed by atoms with Crippen LogP contribution in [-0.4, -0.2) is 35.3 Å². The van der Waals surface area contributed by atoms with Gasteiger partial charge in [-0.05, 0) is 30.3 Å². The number of amides is 1. The van der Waals surface area contributed by atoms with E-state index in [0.717, 1.165) is 0 Å². The SMILES string of the molecule is O=C(Nc1nc2ccc(F)cn2n1)c1cc(-n2cccn2)ccn1. The van der Waals surface area contributed by atoms with Crippen LogP contribution >= 0.6 is 0 Å². The predicted octanol–water partition coefficient (Wildman–Crippen LogP) is 1.70. The van der Waals surface area contributed by atoms with Crippen LogP contribution in [0, 0.1) is 5.82 Å². The second-order valence-corrected chi connectivity index (χ2v) is 4.89. The number of nitrogens with one attached hydrogen (secondary N) is 1. The molecule has 0 saturated heterocycles. The van der Waals surface area contributed by atoms with Gasteiger partial charge in [-0.1, -0.05) is 0 Å². The number of nitrogens with zero attached hydrogens (tertiary/aromatic N) is 6. The highest BCUT2D eigenvalue weighted by Gasteiger charge is 2.12. The number of aromatic nitrogens is 6. The van der Waals surface area contributed by atoms with E-state index in [1.54, 1.807) is 35.3 Å². The Morgan fingerprint density at radius 2 is 2.12 bits per heavy atom. The van der Waals surface area contributed by atoms with Gasteiger partial charge in [-0.3, -0.25) is 15.1 Å². The summed E-state index contributed by atoms with van der Waals surface area (Å²) in [6.45, 7) is 0. The normalized spacial score (nSPS) is 10.9. The molecule has 9 heteroatoms. The van der Waals surface area contributed by atoms with Crippen molar-refractivity contribution in [2.75, 3.05) is 5.32 Å². The minimum absolute atomic E-state index is 0.0666. The average molecular weight is 323 g/mol. The molecule has 8 nitrogen and oxygen atoms in total. The van der Waals surface area contributed by atoms with E-state index in [-0.39, 0.29) is 11.6 Å². The standard InChI is InChI=1S/C15H10FN7O/c16-10-2-3-13-19-15(21-23(13)9-10)20-14(24)12-8-11(4-6-17-12)22-7-1-5-18-22/h1-9H,(H,20,21,24). The summed E-state index contributed by atoms with van der Waals surface area (Å²) in [5.41, 5.74) is 1.31. The van der Waals surface area contributed by atoms with Crippen LogP contribution in [0.15, 0.2) is 55.1 Å². The monoisotopic (exact) mass is 323 g/mol. The zero-order valence-electron chi connectivity index (χ0n) is 12.2. The first-order valence-electron chi connectivity index (χ1n) is 6.98. The Balaban J connectivity index is 1.60. The van der Waals surface area contributed by atoms with Crippen LogP contribution in [0.2, 0.25) is 0 Å². The molecule has 1 N–H and O–H groups in total. The van der Waals surface area contributed by atoms with Crippen LogP contribution in [-0.2, 0) is 0 Å². The van der Waals surface area contributed by atoms with Gasteiger partial charge in [-0.15, -0.1) is 5.10 Å². The molecular weight excluding hydrogens is 313 g/mol. The Hall–Kier alpha value is -3.62. The molecule has 4 rings (SSSR count). The van der Waals surface area contributed by atoms with E-state index in [1.165, 1.54) is 29.0 Å². The predicted molar refractivity (Wildman–Crippen MR) is 82.3 cm³/mol. The van der Waals surface area contributed by atoms with Gasteiger partial charge in [0, 0.05) is 18.6 Å². The lowest BCUT2D eigenvalue weighted by atomic mass is 10.3. The summed E-state index contributed by atoms with van der Waals surface area (Å²) in [7, 11) is 0. The fourth-order valence-corrected chi connectivity index (χ4v) is 2.18. The molecule has 1 amide bonds.